The second-order valence-corrected chi connectivity index (χ2v) is 27.5. The maximum Gasteiger partial charge on any atom is 0.524 e. The molecule has 0 radical (unpaired) electrons. The number of rotatable bonds is 27. The summed E-state index contributed by atoms with van der Waals surface area (Å²) in [6.07, 6.45) is -12.9. The van der Waals surface area contributed by atoms with Crippen molar-refractivity contribution in [2.24, 2.45) is 10.8 Å². The fourth-order valence-corrected chi connectivity index (χ4v) is 12.6. The molecule has 102 heavy (non-hydrogen) atoms. The summed E-state index contributed by atoms with van der Waals surface area (Å²) in [5, 5.41) is 19.9. The van der Waals surface area contributed by atoms with Crippen LogP contribution in [0.3, 0.4) is 0 Å². The minimum absolute atomic E-state index is 0.0972. The molecule has 0 spiro atoms. The minimum Gasteiger partial charge on any atom is -0.481 e. The van der Waals surface area contributed by atoms with Crippen LogP contribution in [0.5, 0.6) is 5.75 Å². The number of aromatic nitrogens is 4. The van der Waals surface area contributed by atoms with E-state index in [9.17, 15) is 52.2 Å². The van der Waals surface area contributed by atoms with E-state index in [0.717, 1.165) is 45.4 Å². The largest absolute Gasteiger partial charge is 0.524 e. The zero-order valence-electron chi connectivity index (χ0n) is 56.0. The van der Waals surface area contributed by atoms with Crippen LogP contribution in [0, 0.1) is 34.3 Å². The van der Waals surface area contributed by atoms with Crippen LogP contribution in [-0.4, -0.2) is 182 Å². The molecule has 5 heterocycles. The quantitative estimate of drug-likeness (QED) is 0.00653. The van der Waals surface area contributed by atoms with E-state index in [1.807, 2.05) is 5.32 Å². The average Bonchev–Trinajstić information content (AvgIpc) is 1.07. The van der Waals surface area contributed by atoms with Crippen LogP contribution in [0.1, 0.15) is 101 Å². The number of hydrazine groups is 1. The molecule has 37 heteroatoms. The number of carboxylic acids is 1. The molecule has 2 unspecified atom stereocenters. The molecule has 26 nitrogen and oxygen atoms in total. The van der Waals surface area contributed by atoms with Gasteiger partial charge < -0.3 is 49.4 Å². The Kier molecular flexibility index (Phi) is 24.4. The van der Waals surface area contributed by atoms with Crippen LogP contribution in [0.25, 0.3) is 11.3 Å². The van der Waals surface area contributed by atoms with Crippen molar-refractivity contribution in [3.05, 3.63) is 124 Å². The smallest absolute Gasteiger partial charge is 0.481 e. The molecule has 2 aromatic heterocycles. The van der Waals surface area contributed by atoms with Gasteiger partial charge in [0.2, 0.25) is 11.9 Å². The van der Waals surface area contributed by atoms with Crippen molar-refractivity contribution in [2.45, 2.75) is 147 Å². The van der Waals surface area contributed by atoms with Gasteiger partial charge in [-0.3, -0.25) is 39.3 Å². The number of halogens is 10. The number of alkyl halides is 8. The maximum atomic E-state index is 16.7. The highest BCUT2D eigenvalue weighted by molar-refractivity contribution is 7.46. The Morgan fingerprint density at radius 2 is 1.32 bits per heavy atom. The van der Waals surface area contributed by atoms with Gasteiger partial charge in [0.1, 0.15) is 35.6 Å². The third kappa shape index (κ3) is 19.1. The first-order valence-corrected chi connectivity index (χ1v) is 32.9. The molecule has 0 saturated carbocycles. The Labute approximate surface area is 577 Å². The molecule has 4 amide bonds. The molecule has 7 N–H and O–H groups in total. The number of fused-ring (bicyclic) bond motifs is 2. The van der Waals surface area contributed by atoms with Gasteiger partial charge in [0.05, 0.1) is 81.0 Å². The van der Waals surface area contributed by atoms with Crippen LogP contribution >= 0.6 is 7.82 Å². The lowest BCUT2D eigenvalue weighted by molar-refractivity contribution is -0.221. The number of esters is 1. The van der Waals surface area contributed by atoms with E-state index >= 15 is 39.9 Å². The average molecular weight is 1470 g/mol. The van der Waals surface area contributed by atoms with Gasteiger partial charge in [-0.2, -0.15) is 40.2 Å². The van der Waals surface area contributed by atoms with E-state index in [1.54, 1.807) is 5.32 Å². The number of nitrogens with one attached hydrogen (secondary N) is 4. The highest BCUT2D eigenvalue weighted by Crippen LogP contribution is 2.46. The molecule has 0 aliphatic carbocycles. The van der Waals surface area contributed by atoms with E-state index in [1.165, 1.54) is 62.6 Å². The minimum atomic E-state index is -5.50. The van der Waals surface area contributed by atoms with Crippen LogP contribution < -0.4 is 30.8 Å². The molecule has 3 saturated heterocycles. The Morgan fingerprint density at radius 3 is 1.82 bits per heavy atom. The molecule has 8 rings (SSSR count). The predicted octanol–water partition coefficient (Wildman–Crippen LogP) is 8.03. The van der Waals surface area contributed by atoms with E-state index in [0.29, 0.717) is 106 Å². The number of hydrogen-bond acceptors (Lipinski definition) is 18. The summed E-state index contributed by atoms with van der Waals surface area (Å²) in [5.74, 6) is -3.84. The number of piperazine rings is 1. The Morgan fingerprint density at radius 1 is 0.765 bits per heavy atom. The van der Waals surface area contributed by atoms with E-state index in [2.05, 4.69) is 56.9 Å². The Bertz CT molecular complexity index is 3960. The van der Waals surface area contributed by atoms with Gasteiger partial charge in [0.25, 0.3) is 5.91 Å². The maximum absolute atomic E-state index is 16.7. The molecule has 5 aromatic rings. The number of carboxylic acid groups (broad SMARTS) is 1. The number of phosphoric acid groups is 1. The molecule has 3 aromatic carbocycles. The summed E-state index contributed by atoms with van der Waals surface area (Å²) in [5.41, 5.74) is -8.00. The molecular weight excluding hydrogens is 1400 g/mol. The number of phosphoric ester groups is 1. The lowest BCUT2D eigenvalue weighted by Gasteiger charge is -2.47. The first-order valence-electron chi connectivity index (χ1n) is 31.4. The topological polar surface area (TPSA) is 328 Å². The van der Waals surface area contributed by atoms with Crippen LogP contribution in [0.15, 0.2) is 79.3 Å². The zero-order chi connectivity index (χ0) is 75.2. The van der Waals surface area contributed by atoms with Crippen LogP contribution in [0.4, 0.5) is 59.4 Å². The SMILES string of the molecule is COC(=O)N[C@H](C(=O)N[C@@H](Cc1ccc(C#Cc2cnc(N3CC4CCC(C3)N4C3COC3)nc2)cc1)[C@H](CN(Cc1c(F)cc(-c2ccn(C(F)F)n2)cc1F)NC(=O)[C@@H](NC(=O)OC)C(C)(C)C(F)(F)F)OC(=O)CC(C)(C)c1c(CC(=O)O)cccc1OP(=O)(O)O)C(C)(C)C(F)(F)F. The number of carbonyl (C=O) groups is 6. The molecule has 2 bridgehead atoms. The number of carbonyl (C=O) groups excluding carboxylic acids is 5. The molecule has 3 aliphatic heterocycles. The number of ether oxygens (including phenoxy) is 4. The number of aliphatic carboxylic acids is 1. The van der Waals surface area contributed by atoms with Gasteiger partial charge in [-0.15, -0.1) is 0 Å². The molecular formula is C65H74F10N11O15P. The second kappa shape index (κ2) is 31.6. The number of methoxy groups -OCH3 is 2. The Hall–Kier alpha value is -9.14. The van der Waals surface area contributed by atoms with Gasteiger partial charge in [-0.05, 0) is 94.5 Å². The fraction of sp³-hybridized carbons (Fsp3) is 0.492. The number of alkyl carbamates (subject to hydrolysis) is 2. The van der Waals surface area contributed by atoms with Crippen molar-refractivity contribution in [1.29, 1.82) is 0 Å². The third-order valence-corrected chi connectivity index (χ3v) is 18.3. The molecule has 3 fully saturated rings. The summed E-state index contributed by atoms with van der Waals surface area (Å²) in [4.78, 5) is 116. The predicted molar refractivity (Wildman–Crippen MR) is 339 cm³/mol. The van der Waals surface area contributed by atoms with Crippen molar-refractivity contribution in [3.8, 4) is 28.8 Å². The fourth-order valence-electron chi connectivity index (χ4n) is 12.2. The number of anilines is 1. The van der Waals surface area contributed by atoms with Crippen molar-refractivity contribution in [3.63, 3.8) is 0 Å². The highest BCUT2D eigenvalue weighted by Gasteiger charge is 2.58. The highest BCUT2D eigenvalue weighted by atomic mass is 31.2. The number of benzene rings is 3. The van der Waals surface area contributed by atoms with E-state index in [-0.39, 0.29) is 21.4 Å². The number of hydrogen-bond donors (Lipinski definition) is 7. The van der Waals surface area contributed by atoms with Gasteiger partial charge in [-0.1, -0.05) is 50.0 Å². The molecule has 554 valence electrons. The standard InChI is InChI=1S/C65H74F10N11O15P/c1-61(2,52-38(25-50(87)88)10-9-11-48(52)101-102(94,95)96)26-51(89)100-49(32-84(82-56(91)54(80-60(93)98-8)63(5,6)65(73,74)75)31-43-44(66)23-39(24-45(43)67)46-20-21-85(81-46)57(68)69)47(78-55(90)53(79-59(92)97-7)62(3,4)64(70,71)72)22-36-15-12-35(13-16-36)14-17-37-27-76-58(77-28-37)83-29-40-18-19-41(30-83)86(40)42-33-99-34-42/h9-13,15-16,20-21,23-24,27-28,40-42,47,49,53-54,57H,18-19,22,25-26,29-34H2,1-8H3,(H,78,90)(H,79,92)(H,80,93)(H,82,91)(H,87,88)(H2,94,95,96)/t40?,41?,47-,49-,53+,54+/m0/s1. The summed E-state index contributed by atoms with van der Waals surface area (Å²) in [6, 6.07) is 4.72. The summed E-state index contributed by atoms with van der Waals surface area (Å²) in [6.45, 7) is 1.37. The first kappa shape index (κ1) is 78.6. The summed E-state index contributed by atoms with van der Waals surface area (Å²) in [7, 11) is -4.01. The van der Waals surface area contributed by atoms with Crippen molar-refractivity contribution in [2.75, 3.05) is 52.0 Å². The zero-order valence-corrected chi connectivity index (χ0v) is 56.9. The van der Waals surface area contributed by atoms with Crippen molar-refractivity contribution >= 4 is 49.7 Å². The van der Waals surface area contributed by atoms with Gasteiger partial charge in [-0.25, -0.2) is 42.6 Å². The monoisotopic (exact) mass is 1470 g/mol. The summed E-state index contributed by atoms with van der Waals surface area (Å²) < 4.78 is 189. The van der Waals surface area contributed by atoms with E-state index < -0.39 is 170 Å². The lowest BCUT2D eigenvalue weighted by atomic mass is 9.78. The van der Waals surface area contributed by atoms with Gasteiger partial charge >= 0.3 is 50.8 Å². The Balaban J connectivity index is 1.25. The van der Waals surface area contributed by atoms with Gasteiger partial charge in [0.15, 0.2) is 0 Å². The number of amides is 4. The van der Waals surface area contributed by atoms with Crippen molar-refractivity contribution in [1.82, 2.24) is 51.0 Å². The molecule has 6 atom stereocenters. The first-order chi connectivity index (χ1) is 47.6. The van der Waals surface area contributed by atoms with E-state index in [4.69, 9.17) is 14.0 Å². The van der Waals surface area contributed by atoms with Crippen molar-refractivity contribution < 1.29 is 116 Å². The summed E-state index contributed by atoms with van der Waals surface area (Å²) >= 11 is 0. The second-order valence-electron chi connectivity index (χ2n) is 26.3. The van der Waals surface area contributed by atoms with Gasteiger partial charge in [0, 0.05) is 78.0 Å². The third-order valence-electron chi connectivity index (χ3n) is 17.8. The normalized spacial score (nSPS) is 17.3. The van der Waals surface area contributed by atoms with Crippen LogP contribution in [0.2, 0.25) is 0 Å². The van der Waals surface area contributed by atoms with Crippen LogP contribution in [-0.2, 0) is 67.5 Å². The lowest BCUT2D eigenvalue weighted by Crippen LogP contribution is -2.64. The number of nitrogens with zero attached hydrogens (tertiary/aromatic N) is 7. The molecule has 3 aliphatic rings.